The number of nitrogens with zero attached hydrogens (tertiary/aromatic N) is 1. The molecule has 40 heavy (non-hydrogen) atoms. The van der Waals surface area contributed by atoms with E-state index in [-0.39, 0.29) is 30.0 Å². The van der Waals surface area contributed by atoms with Crippen LogP contribution in [0.2, 0.25) is 5.02 Å². The van der Waals surface area contributed by atoms with Crippen LogP contribution in [0.25, 0.3) is 0 Å². The zero-order valence-corrected chi connectivity index (χ0v) is 25.3. The van der Waals surface area contributed by atoms with E-state index in [2.05, 4.69) is 72.8 Å². The minimum atomic E-state index is -0.429. The number of hydrogen-bond donors (Lipinski definition) is 3. The van der Waals surface area contributed by atoms with E-state index in [1.807, 2.05) is 30.3 Å². The topological polar surface area (TPSA) is 82.7 Å². The van der Waals surface area contributed by atoms with Gasteiger partial charge in [-0.1, -0.05) is 49.7 Å². The second-order valence-electron chi connectivity index (χ2n) is 10.3. The van der Waals surface area contributed by atoms with Crippen molar-refractivity contribution in [2.75, 3.05) is 18.0 Å². The quantitative estimate of drug-likeness (QED) is 0.285. The SMILES string of the molecule is CCC(CC)O[C@@H]1C=C(C(=O)NCc2ccc(Cl)cc2)C[C@H](NCc2ccc(N(CC)CC)cc2)[C@H]1NC(C)=O. The molecule has 3 rings (SSSR count). The fourth-order valence-electron chi connectivity index (χ4n) is 5.14. The Kier molecular flexibility index (Phi) is 12.5. The molecule has 0 aromatic heterocycles. The predicted molar refractivity (Wildman–Crippen MR) is 163 cm³/mol. The zero-order chi connectivity index (χ0) is 29.1. The van der Waals surface area contributed by atoms with E-state index < -0.39 is 6.10 Å². The smallest absolute Gasteiger partial charge is 0.247 e. The van der Waals surface area contributed by atoms with Crippen LogP contribution in [0.1, 0.15) is 65.0 Å². The van der Waals surface area contributed by atoms with Gasteiger partial charge in [-0.05, 0) is 74.6 Å². The van der Waals surface area contributed by atoms with Crippen LogP contribution in [-0.2, 0) is 27.4 Å². The van der Waals surface area contributed by atoms with Gasteiger partial charge in [0, 0.05) is 55.4 Å². The summed E-state index contributed by atoms with van der Waals surface area (Å²) in [6.07, 6.45) is 3.67. The summed E-state index contributed by atoms with van der Waals surface area (Å²) >= 11 is 6.00. The average Bonchev–Trinajstić information content (AvgIpc) is 2.96. The molecule has 3 atom stereocenters. The van der Waals surface area contributed by atoms with Gasteiger partial charge < -0.3 is 25.6 Å². The molecule has 0 spiro atoms. The standard InChI is InChI=1S/C32H45ClN4O3/c1-6-28(7-2)40-30-19-25(32(39)35-21-23-10-14-26(33)15-11-23)18-29(31(30)36-22(5)38)34-20-24-12-16-27(17-13-24)37(8-3)9-4/h10-17,19,28-31,34H,6-9,18,20-21H2,1-5H3,(H,35,39)(H,36,38)/t29-,30+,31+/m0/s1. The number of carbonyl (C=O) groups excluding carboxylic acids is 2. The number of benzene rings is 2. The van der Waals surface area contributed by atoms with Crippen molar-refractivity contribution in [2.24, 2.45) is 0 Å². The summed E-state index contributed by atoms with van der Waals surface area (Å²) in [7, 11) is 0. The molecule has 0 saturated heterocycles. The normalized spacial score (nSPS) is 18.8. The number of hydrogen-bond acceptors (Lipinski definition) is 5. The first-order chi connectivity index (χ1) is 19.3. The fraction of sp³-hybridized carbons (Fsp3) is 0.500. The summed E-state index contributed by atoms with van der Waals surface area (Å²) in [6, 6.07) is 15.5. The Morgan fingerprint density at radius 2 is 1.55 bits per heavy atom. The highest BCUT2D eigenvalue weighted by molar-refractivity contribution is 6.30. The maximum atomic E-state index is 13.3. The summed E-state index contributed by atoms with van der Waals surface area (Å²) < 4.78 is 6.48. The molecule has 0 heterocycles. The van der Waals surface area contributed by atoms with E-state index in [0.29, 0.717) is 30.1 Å². The molecule has 1 aliphatic carbocycles. The van der Waals surface area contributed by atoms with Crippen molar-refractivity contribution in [1.82, 2.24) is 16.0 Å². The summed E-state index contributed by atoms with van der Waals surface area (Å²) in [6.45, 7) is 12.9. The first kappa shape index (κ1) is 31.7. The van der Waals surface area contributed by atoms with Crippen molar-refractivity contribution in [3.63, 3.8) is 0 Å². The number of halogens is 1. The van der Waals surface area contributed by atoms with Crippen LogP contribution in [0.3, 0.4) is 0 Å². The molecular formula is C32H45ClN4O3. The van der Waals surface area contributed by atoms with E-state index in [1.165, 1.54) is 12.6 Å². The molecule has 3 N–H and O–H groups in total. The van der Waals surface area contributed by atoms with Gasteiger partial charge in [0.1, 0.15) is 0 Å². The van der Waals surface area contributed by atoms with Gasteiger partial charge in [-0.2, -0.15) is 0 Å². The molecule has 2 aromatic carbocycles. The summed E-state index contributed by atoms with van der Waals surface area (Å²) in [5.74, 6) is -0.257. The number of carbonyl (C=O) groups is 2. The van der Waals surface area contributed by atoms with E-state index in [4.69, 9.17) is 16.3 Å². The lowest BCUT2D eigenvalue weighted by Crippen LogP contribution is -2.58. The Hall–Kier alpha value is -2.87. The van der Waals surface area contributed by atoms with Crippen LogP contribution in [0, 0.1) is 0 Å². The number of ether oxygens (including phenoxy) is 1. The minimum absolute atomic E-state index is 0.0299. The minimum Gasteiger partial charge on any atom is -0.372 e. The molecule has 0 radical (unpaired) electrons. The predicted octanol–water partition coefficient (Wildman–Crippen LogP) is 5.37. The number of rotatable bonds is 14. The van der Waals surface area contributed by atoms with Crippen molar-refractivity contribution in [3.8, 4) is 0 Å². The van der Waals surface area contributed by atoms with Crippen LogP contribution >= 0.6 is 11.6 Å². The first-order valence-electron chi connectivity index (χ1n) is 14.5. The van der Waals surface area contributed by atoms with Gasteiger partial charge in [0.15, 0.2) is 0 Å². The van der Waals surface area contributed by atoms with Crippen molar-refractivity contribution in [3.05, 3.63) is 76.3 Å². The molecule has 1 aliphatic rings. The Morgan fingerprint density at radius 3 is 2.12 bits per heavy atom. The molecule has 2 amide bonds. The van der Waals surface area contributed by atoms with Crippen molar-refractivity contribution in [2.45, 2.75) is 91.3 Å². The van der Waals surface area contributed by atoms with Crippen molar-refractivity contribution >= 4 is 29.1 Å². The third-order valence-electron chi connectivity index (χ3n) is 7.51. The number of amides is 2. The van der Waals surface area contributed by atoms with Crippen molar-refractivity contribution < 1.29 is 14.3 Å². The van der Waals surface area contributed by atoms with Gasteiger partial charge in [0.2, 0.25) is 11.8 Å². The number of anilines is 1. The largest absolute Gasteiger partial charge is 0.372 e. The van der Waals surface area contributed by atoms with Crippen LogP contribution < -0.4 is 20.9 Å². The summed E-state index contributed by atoms with van der Waals surface area (Å²) in [4.78, 5) is 27.9. The molecule has 0 saturated carbocycles. The molecule has 0 unspecified atom stereocenters. The van der Waals surface area contributed by atoms with E-state index in [9.17, 15) is 9.59 Å². The van der Waals surface area contributed by atoms with Crippen LogP contribution in [0.4, 0.5) is 5.69 Å². The molecular weight excluding hydrogens is 524 g/mol. The number of nitrogens with one attached hydrogen (secondary N) is 3. The highest BCUT2D eigenvalue weighted by atomic mass is 35.5. The molecule has 0 fully saturated rings. The van der Waals surface area contributed by atoms with Gasteiger partial charge >= 0.3 is 0 Å². The van der Waals surface area contributed by atoms with E-state index >= 15 is 0 Å². The monoisotopic (exact) mass is 568 g/mol. The molecule has 0 bridgehead atoms. The van der Waals surface area contributed by atoms with Gasteiger partial charge in [-0.25, -0.2) is 0 Å². The summed E-state index contributed by atoms with van der Waals surface area (Å²) in [5, 5.41) is 10.4. The van der Waals surface area contributed by atoms with Gasteiger partial charge in [-0.3, -0.25) is 9.59 Å². The molecule has 2 aromatic rings. The highest BCUT2D eigenvalue weighted by Crippen LogP contribution is 2.25. The zero-order valence-electron chi connectivity index (χ0n) is 24.5. The molecule has 7 nitrogen and oxygen atoms in total. The Bertz CT molecular complexity index is 1110. The van der Waals surface area contributed by atoms with Gasteiger partial charge in [0.05, 0.1) is 18.2 Å². The highest BCUT2D eigenvalue weighted by Gasteiger charge is 2.37. The van der Waals surface area contributed by atoms with Crippen molar-refractivity contribution in [1.29, 1.82) is 0 Å². The second-order valence-corrected chi connectivity index (χ2v) is 10.7. The maximum Gasteiger partial charge on any atom is 0.247 e. The Morgan fingerprint density at radius 1 is 0.950 bits per heavy atom. The van der Waals surface area contributed by atoms with Gasteiger partial charge in [0.25, 0.3) is 0 Å². The third-order valence-corrected chi connectivity index (χ3v) is 7.77. The molecule has 218 valence electrons. The lowest BCUT2D eigenvalue weighted by Gasteiger charge is -2.39. The lowest BCUT2D eigenvalue weighted by molar-refractivity contribution is -0.121. The maximum absolute atomic E-state index is 13.3. The van der Waals surface area contributed by atoms with Crippen LogP contribution in [0.5, 0.6) is 0 Å². The van der Waals surface area contributed by atoms with Gasteiger partial charge in [-0.15, -0.1) is 0 Å². The molecule has 0 aliphatic heterocycles. The molecule has 8 heteroatoms. The lowest BCUT2D eigenvalue weighted by atomic mass is 9.86. The van der Waals surface area contributed by atoms with E-state index in [0.717, 1.165) is 37.1 Å². The van der Waals surface area contributed by atoms with E-state index in [1.54, 1.807) is 0 Å². The fourth-order valence-corrected chi connectivity index (χ4v) is 5.26. The third kappa shape index (κ3) is 9.08. The second kappa shape index (κ2) is 15.8. The first-order valence-corrected chi connectivity index (χ1v) is 14.9. The Labute approximate surface area is 244 Å². The van der Waals surface area contributed by atoms with Crippen LogP contribution in [0.15, 0.2) is 60.2 Å². The Balaban J connectivity index is 1.80. The van der Waals surface area contributed by atoms with Crippen LogP contribution in [-0.4, -0.2) is 49.2 Å². The average molecular weight is 569 g/mol. The summed E-state index contributed by atoms with van der Waals surface area (Å²) in [5.41, 5.74) is 3.96.